The first-order chi connectivity index (χ1) is 12.5. The van der Waals surface area contributed by atoms with Crippen LogP contribution in [0.15, 0.2) is 0 Å². The molecule has 0 heterocycles. The van der Waals surface area contributed by atoms with Crippen molar-refractivity contribution in [2.75, 3.05) is 58.9 Å². The Morgan fingerprint density at radius 2 is 0.581 bits per heavy atom. The second-order valence-corrected chi connectivity index (χ2v) is 5.67. The Morgan fingerprint density at radius 1 is 0.419 bits per heavy atom. The molecule has 158 valence electrons. The molecule has 0 rings (SSSR count). The third-order valence-electron chi connectivity index (χ3n) is 3.26. The molecule has 0 fully saturated rings. The molecule has 0 bridgehead atoms. The van der Waals surface area contributed by atoms with E-state index >= 15 is 0 Å². The normalized spacial score (nSPS) is 9.65. The Hall–Kier alpha value is 1.61. The zero-order valence-electron chi connectivity index (χ0n) is 18.0. The number of hydrogen-bond acceptors (Lipinski definition) is 8. The second kappa shape index (κ2) is 24.7. The molecule has 0 aliphatic rings. The Morgan fingerprint density at radius 3 is 0.774 bits per heavy atom. The van der Waals surface area contributed by atoms with Crippen molar-refractivity contribution in [1.82, 2.24) is 14.7 Å². The summed E-state index contributed by atoms with van der Waals surface area (Å²) in [5.74, 6) is -6.16. The van der Waals surface area contributed by atoms with Crippen LogP contribution in [0.1, 0.15) is 0 Å². The monoisotopic (exact) mass is 606 g/mol. The van der Waals surface area contributed by atoms with Crippen molar-refractivity contribution in [3.8, 4) is 0 Å². The van der Waals surface area contributed by atoms with Gasteiger partial charge in [0.25, 0.3) is 0 Å². The first-order valence-electron chi connectivity index (χ1n) is 7.75. The first kappa shape index (κ1) is 42.7. The molecule has 0 unspecified atom stereocenters. The minimum absolute atomic E-state index is 0. The average Bonchev–Trinajstić information content (AvgIpc) is 2.46. The SMILES string of the molecule is O=C(O)CN(CCN(CC(=O)O)CC(=O)O)CCN(CC(=O)O)CC(=O)O.[144Ce].[Na+].[Na+].[Na+]. The summed E-state index contributed by atoms with van der Waals surface area (Å²) < 4.78 is 0. The zero-order valence-corrected chi connectivity index (χ0v) is 27.1. The van der Waals surface area contributed by atoms with Gasteiger partial charge >= 0.3 is 119 Å². The molecule has 0 aliphatic heterocycles. The summed E-state index contributed by atoms with van der Waals surface area (Å²) in [7, 11) is 0. The summed E-state index contributed by atoms with van der Waals surface area (Å²) in [6.45, 7) is -2.74. The van der Waals surface area contributed by atoms with Crippen LogP contribution in [-0.2, 0) is 24.0 Å². The molecule has 5 N–H and O–H groups in total. The maximum absolute atomic E-state index is 11.0. The van der Waals surface area contributed by atoms with Gasteiger partial charge in [0.2, 0.25) is 0 Å². The van der Waals surface area contributed by atoms with E-state index in [9.17, 15) is 24.0 Å². The molecular formula is C14H23CeN3Na3O10+3. The fourth-order valence-corrected chi connectivity index (χ4v) is 2.22. The molecule has 0 saturated heterocycles. The molecule has 31 heavy (non-hydrogen) atoms. The van der Waals surface area contributed by atoms with E-state index in [1.807, 2.05) is 0 Å². The van der Waals surface area contributed by atoms with Crippen molar-refractivity contribution >= 4 is 29.8 Å². The van der Waals surface area contributed by atoms with Crippen molar-refractivity contribution < 1.29 is 180 Å². The van der Waals surface area contributed by atoms with Crippen molar-refractivity contribution in [3.63, 3.8) is 0 Å². The van der Waals surface area contributed by atoms with Gasteiger partial charge in [0.15, 0.2) is 0 Å². The summed E-state index contributed by atoms with van der Waals surface area (Å²) in [5.41, 5.74) is 0. The zero-order chi connectivity index (χ0) is 21.0. The molecule has 0 atom stereocenters. The smallest absolute Gasteiger partial charge is 0.480 e. The number of carboxylic acid groups (broad SMARTS) is 5. The van der Waals surface area contributed by atoms with E-state index in [4.69, 9.17) is 25.5 Å². The van der Waals surface area contributed by atoms with E-state index in [1.54, 1.807) is 0 Å². The third-order valence-corrected chi connectivity index (χ3v) is 3.26. The largest absolute Gasteiger partial charge is 1.00 e. The van der Waals surface area contributed by atoms with Crippen LogP contribution in [0.5, 0.6) is 0 Å². The van der Waals surface area contributed by atoms with Crippen LogP contribution < -0.4 is 88.7 Å². The van der Waals surface area contributed by atoms with E-state index in [0.717, 1.165) is 9.80 Å². The second-order valence-electron chi connectivity index (χ2n) is 5.67. The van der Waals surface area contributed by atoms with Crippen LogP contribution in [0.2, 0.25) is 0 Å². The van der Waals surface area contributed by atoms with Gasteiger partial charge in [0, 0.05) is 67.9 Å². The van der Waals surface area contributed by atoms with E-state index in [0.29, 0.717) is 0 Å². The molecule has 17 heteroatoms. The Balaban J connectivity index is -0.000000563. The van der Waals surface area contributed by atoms with Gasteiger partial charge in [0.05, 0.1) is 32.7 Å². The number of carboxylic acids is 5. The molecule has 0 saturated carbocycles. The molecule has 0 aliphatic carbocycles. The van der Waals surface area contributed by atoms with E-state index in [-0.39, 0.29) is 157 Å². The fourth-order valence-electron chi connectivity index (χ4n) is 2.22. The topological polar surface area (TPSA) is 196 Å². The molecule has 0 aromatic rings. The number of hydrogen-bond donors (Lipinski definition) is 5. The van der Waals surface area contributed by atoms with Crippen molar-refractivity contribution in [2.24, 2.45) is 0 Å². The molecule has 0 aromatic heterocycles. The number of aliphatic carboxylic acids is 5. The minimum Gasteiger partial charge on any atom is -0.480 e. The van der Waals surface area contributed by atoms with Gasteiger partial charge in [-0.05, 0) is 0 Å². The van der Waals surface area contributed by atoms with Gasteiger partial charge in [-0.1, -0.05) is 0 Å². The Kier molecular flexibility index (Phi) is 34.1. The summed E-state index contributed by atoms with van der Waals surface area (Å²) in [4.78, 5) is 57.6. The third kappa shape index (κ3) is 27.7. The van der Waals surface area contributed by atoms with Crippen LogP contribution in [-0.4, -0.2) is 129 Å². The van der Waals surface area contributed by atoms with Gasteiger partial charge in [-0.15, -0.1) is 0 Å². The van der Waals surface area contributed by atoms with E-state index in [2.05, 4.69) is 0 Å². The minimum atomic E-state index is -1.24. The fraction of sp³-hybridized carbons (Fsp3) is 0.643. The van der Waals surface area contributed by atoms with Gasteiger partial charge in [0.1, 0.15) is 0 Å². The van der Waals surface area contributed by atoms with Gasteiger partial charge < -0.3 is 25.5 Å². The predicted octanol–water partition coefficient (Wildman–Crippen LogP) is -11.7. The van der Waals surface area contributed by atoms with Gasteiger partial charge in [-0.3, -0.25) is 38.7 Å². The standard InChI is InChI=1S/C14H23N3O10.Ce.3Na/c18-10(19)5-15(1-3-16(6-11(20)21)7-12(22)23)2-4-17(8-13(24)25)9-14(26)27;;;;/h1-9H2,(H,18,19)(H,20,21)(H,22,23)(H,24,25)(H,26,27);;;;/q;;3*+1/i;1+4;;;. The first-order valence-corrected chi connectivity index (χ1v) is 7.75. The average molecular weight is 606 g/mol. The maximum atomic E-state index is 11.0. The predicted molar refractivity (Wildman–Crippen MR) is 87.5 cm³/mol. The van der Waals surface area contributed by atoms with Gasteiger partial charge in [-0.25, -0.2) is 0 Å². The number of rotatable bonds is 16. The Bertz CT molecular complexity index is 502. The molecular weight excluding hydrogens is 583 g/mol. The van der Waals surface area contributed by atoms with Crippen molar-refractivity contribution in [3.05, 3.63) is 0 Å². The summed E-state index contributed by atoms with van der Waals surface area (Å²) in [6.07, 6.45) is 0. The van der Waals surface area contributed by atoms with Gasteiger partial charge in [-0.2, -0.15) is 0 Å². The van der Waals surface area contributed by atoms with Crippen molar-refractivity contribution in [1.29, 1.82) is 0 Å². The van der Waals surface area contributed by atoms with Crippen molar-refractivity contribution in [2.45, 2.75) is 0 Å². The summed E-state index contributed by atoms with van der Waals surface area (Å²) in [5, 5.41) is 44.1. The molecule has 0 radical (unpaired) electrons. The van der Waals surface area contributed by atoms with Crippen LogP contribution in [0.25, 0.3) is 0 Å². The quantitative estimate of drug-likeness (QED) is 0.104. The van der Waals surface area contributed by atoms with Crippen LogP contribution in [0, 0.1) is 41.7 Å². The van der Waals surface area contributed by atoms with E-state index in [1.165, 1.54) is 4.90 Å². The molecule has 13 nitrogen and oxygen atoms in total. The summed E-state index contributed by atoms with van der Waals surface area (Å²) in [6, 6.07) is 0. The maximum Gasteiger partial charge on any atom is 1.00 e. The summed E-state index contributed by atoms with van der Waals surface area (Å²) >= 11 is 0. The van der Waals surface area contributed by atoms with E-state index < -0.39 is 62.6 Å². The molecule has 0 aromatic carbocycles. The van der Waals surface area contributed by atoms with Crippen LogP contribution in [0.4, 0.5) is 0 Å². The molecule has 0 amide bonds. The number of nitrogens with zero attached hydrogens (tertiary/aromatic N) is 3. The van der Waals surface area contributed by atoms with Crippen LogP contribution >= 0.6 is 0 Å². The number of carbonyl (C=O) groups is 5. The van der Waals surface area contributed by atoms with Crippen LogP contribution in [0.3, 0.4) is 0 Å². The molecule has 0 spiro atoms. The Labute approximate surface area is 279 Å².